The zero-order valence-electron chi connectivity index (χ0n) is 19.6. The van der Waals surface area contributed by atoms with Crippen LogP contribution in [0.25, 0.3) is 10.9 Å². The van der Waals surface area contributed by atoms with E-state index in [0.717, 1.165) is 38.0 Å². The average Bonchev–Trinajstić information content (AvgIpc) is 3.24. The topological polar surface area (TPSA) is 51.4 Å². The van der Waals surface area contributed by atoms with Crippen molar-refractivity contribution in [3.63, 3.8) is 0 Å². The molecule has 2 heterocycles. The Hall–Kier alpha value is -2.63. The molecule has 0 spiro atoms. The van der Waals surface area contributed by atoms with Gasteiger partial charge in [-0.1, -0.05) is 55.5 Å². The summed E-state index contributed by atoms with van der Waals surface area (Å²) in [6.45, 7) is 5.85. The zero-order chi connectivity index (χ0) is 22.6. The van der Waals surface area contributed by atoms with Gasteiger partial charge in [0.25, 0.3) is 0 Å². The van der Waals surface area contributed by atoms with Crippen molar-refractivity contribution in [2.24, 2.45) is 0 Å². The van der Waals surface area contributed by atoms with E-state index in [1.165, 1.54) is 16.5 Å². The maximum atomic E-state index is 12.6. The third kappa shape index (κ3) is 4.74. The number of nitrogens with zero attached hydrogens (tertiary/aromatic N) is 2. The van der Waals surface area contributed by atoms with E-state index in [4.69, 9.17) is 0 Å². The highest BCUT2D eigenvalue weighted by atomic mass is 16.1. The van der Waals surface area contributed by atoms with Crippen LogP contribution in [0, 0.1) is 0 Å². The average molecular weight is 433 g/mol. The third-order valence-electron chi connectivity index (χ3n) is 7.24. The summed E-state index contributed by atoms with van der Waals surface area (Å²) in [5, 5.41) is 4.36. The maximum absolute atomic E-state index is 12.6. The molecule has 5 heteroatoms. The zero-order valence-corrected chi connectivity index (χ0v) is 19.6. The molecule has 1 saturated heterocycles. The van der Waals surface area contributed by atoms with Gasteiger partial charge in [0.15, 0.2) is 0 Å². The van der Waals surface area contributed by atoms with Crippen molar-refractivity contribution in [2.75, 3.05) is 40.3 Å². The van der Waals surface area contributed by atoms with E-state index in [0.29, 0.717) is 13.0 Å². The summed E-state index contributed by atoms with van der Waals surface area (Å²) < 4.78 is 0. The number of hydrogen-bond acceptors (Lipinski definition) is 3. The lowest BCUT2D eigenvalue weighted by Crippen LogP contribution is -2.51. The third-order valence-corrected chi connectivity index (χ3v) is 7.24. The molecule has 5 nitrogen and oxygen atoms in total. The molecule has 4 rings (SSSR count). The fourth-order valence-corrected chi connectivity index (χ4v) is 5.20. The van der Waals surface area contributed by atoms with E-state index in [2.05, 4.69) is 83.6 Å². The molecule has 170 valence electrons. The fraction of sp³-hybridized carbons (Fsp3) is 0.444. The van der Waals surface area contributed by atoms with E-state index in [1.807, 2.05) is 18.3 Å². The quantitative estimate of drug-likeness (QED) is 0.557. The minimum atomic E-state index is 0.107. The molecule has 0 aliphatic carbocycles. The lowest BCUT2D eigenvalue weighted by molar-refractivity contribution is -0.121. The number of carbonyl (C=O) groups excluding carboxylic acids is 1. The van der Waals surface area contributed by atoms with Gasteiger partial charge < -0.3 is 15.2 Å². The van der Waals surface area contributed by atoms with E-state index in [-0.39, 0.29) is 17.4 Å². The van der Waals surface area contributed by atoms with Crippen molar-refractivity contribution in [1.82, 2.24) is 20.1 Å². The number of para-hydroxylation sites is 1. The Morgan fingerprint density at radius 1 is 1.09 bits per heavy atom. The smallest absolute Gasteiger partial charge is 0.220 e. The highest BCUT2D eigenvalue weighted by Crippen LogP contribution is 2.37. The number of carbonyl (C=O) groups is 1. The SMILES string of the molecule is CC(CC(=O)NCCN1CCC(c2ccccc2)(N(C)C)CC1)c1c[nH]c2ccccc12. The van der Waals surface area contributed by atoms with Crippen molar-refractivity contribution in [2.45, 2.75) is 37.6 Å². The minimum absolute atomic E-state index is 0.107. The first-order valence-electron chi connectivity index (χ1n) is 11.8. The van der Waals surface area contributed by atoms with Gasteiger partial charge in [-0.15, -0.1) is 0 Å². The molecule has 1 atom stereocenters. The fourth-order valence-electron chi connectivity index (χ4n) is 5.20. The molecule has 1 aliphatic rings. The lowest BCUT2D eigenvalue weighted by Gasteiger charge is -2.46. The molecule has 0 bridgehead atoms. The Morgan fingerprint density at radius 3 is 2.50 bits per heavy atom. The molecule has 0 radical (unpaired) electrons. The first kappa shape index (κ1) is 22.6. The van der Waals surface area contributed by atoms with Gasteiger partial charge in [-0.25, -0.2) is 0 Å². The lowest BCUT2D eigenvalue weighted by atomic mass is 9.80. The number of benzene rings is 2. The second-order valence-electron chi connectivity index (χ2n) is 9.38. The summed E-state index contributed by atoms with van der Waals surface area (Å²) in [7, 11) is 4.38. The number of fused-ring (bicyclic) bond motifs is 1. The van der Waals surface area contributed by atoms with Crippen molar-refractivity contribution < 1.29 is 4.79 Å². The molecular weight excluding hydrogens is 396 g/mol. The van der Waals surface area contributed by atoms with E-state index >= 15 is 0 Å². The molecule has 2 N–H and O–H groups in total. The molecule has 3 aromatic rings. The Kier molecular flexibility index (Phi) is 6.97. The van der Waals surface area contributed by atoms with E-state index in [9.17, 15) is 4.79 Å². The predicted molar refractivity (Wildman–Crippen MR) is 132 cm³/mol. The van der Waals surface area contributed by atoms with Crippen LogP contribution in [0.1, 0.15) is 43.2 Å². The molecule has 1 fully saturated rings. The van der Waals surface area contributed by atoms with Crippen LogP contribution in [0.2, 0.25) is 0 Å². The van der Waals surface area contributed by atoms with Crippen molar-refractivity contribution >= 4 is 16.8 Å². The number of hydrogen-bond donors (Lipinski definition) is 2. The number of aromatic amines is 1. The summed E-state index contributed by atoms with van der Waals surface area (Å²) in [5.74, 6) is 0.319. The molecule has 2 aromatic carbocycles. The number of nitrogens with one attached hydrogen (secondary N) is 2. The van der Waals surface area contributed by atoms with Gasteiger partial charge in [0.05, 0.1) is 0 Å². The monoisotopic (exact) mass is 432 g/mol. The van der Waals surface area contributed by atoms with Crippen LogP contribution in [-0.2, 0) is 10.3 Å². The molecule has 32 heavy (non-hydrogen) atoms. The second kappa shape index (κ2) is 9.88. The van der Waals surface area contributed by atoms with Crippen LogP contribution in [0.4, 0.5) is 0 Å². The highest BCUT2D eigenvalue weighted by molar-refractivity contribution is 5.85. The minimum Gasteiger partial charge on any atom is -0.361 e. The van der Waals surface area contributed by atoms with Crippen LogP contribution >= 0.6 is 0 Å². The number of amides is 1. The van der Waals surface area contributed by atoms with Gasteiger partial charge >= 0.3 is 0 Å². The van der Waals surface area contributed by atoms with Crippen LogP contribution in [-0.4, -0.2) is 61.0 Å². The Bertz CT molecular complexity index is 1020. The molecule has 0 saturated carbocycles. The van der Waals surface area contributed by atoms with Gasteiger partial charge in [-0.2, -0.15) is 0 Å². The summed E-state index contributed by atoms with van der Waals surface area (Å²) in [6, 6.07) is 19.2. The Labute approximate surface area is 191 Å². The predicted octanol–water partition coefficient (Wildman–Crippen LogP) is 4.33. The van der Waals surface area contributed by atoms with E-state index < -0.39 is 0 Å². The van der Waals surface area contributed by atoms with Gasteiger partial charge in [-0.05, 0) is 50.0 Å². The van der Waals surface area contributed by atoms with Crippen molar-refractivity contribution in [1.29, 1.82) is 0 Å². The number of H-pyrrole nitrogens is 1. The van der Waals surface area contributed by atoms with Gasteiger partial charge in [0.2, 0.25) is 5.91 Å². The van der Waals surface area contributed by atoms with Crippen molar-refractivity contribution in [3.05, 3.63) is 71.9 Å². The van der Waals surface area contributed by atoms with Crippen LogP contribution < -0.4 is 5.32 Å². The first-order valence-corrected chi connectivity index (χ1v) is 11.8. The largest absolute Gasteiger partial charge is 0.361 e. The summed E-state index contributed by atoms with van der Waals surface area (Å²) in [4.78, 5) is 20.7. The molecular formula is C27H36N4O. The Balaban J connectivity index is 1.24. The van der Waals surface area contributed by atoms with Crippen LogP contribution in [0.3, 0.4) is 0 Å². The summed E-state index contributed by atoms with van der Waals surface area (Å²) in [6.07, 6.45) is 4.77. The summed E-state index contributed by atoms with van der Waals surface area (Å²) in [5.41, 5.74) is 3.86. The molecule has 1 amide bonds. The van der Waals surface area contributed by atoms with Crippen LogP contribution in [0.15, 0.2) is 60.8 Å². The van der Waals surface area contributed by atoms with Gasteiger partial charge in [-0.3, -0.25) is 9.69 Å². The number of piperidine rings is 1. The first-order chi connectivity index (χ1) is 15.5. The maximum Gasteiger partial charge on any atom is 0.220 e. The van der Waals surface area contributed by atoms with Crippen molar-refractivity contribution in [3.8, 4) is 0 Å². The molecule has 1 unspecified atom stereocenters. The van der Waals surface area contributed by atoms with Gasteiger partial charge in [0, 0.05) is 55.2 Å². The van der Waals surface area contributed by atoms with E-state index in [1.54, 1.807) is 0 Å². The normalized spacial score (nSPS) is 17.5. The summed E-state index contributed by atoms with van der Waals surface area (Å²) >= 11 is 0. The highest BCUT2D eigenvalue weighted by Gasteiger charge is 2.37. The van der Waals surface area contributed by atoms with Crippen LogP contribution in [0.5, 0.6) is 0 Å². The number of aromatic nitrogens is 1. The second-order valence-corrected chi connectivity index (χ2v) is 9.38. The standard InChI is InChI=1S/C27H36N4O/c1-21(24-20-29-25-12-8-7-11-23(24)25)19-26(32)28-15-18-31-16-13-27(14-17-31,30(2)3)22-9-5-4-6-10-22/h4-12,20-21,29H,13-19H2,1-3H3,(H,28,32). The molecule has 1 aliphatic heterocycles. The van der Waals surface area contributed by atoms with Gasteiger partial charge in [0.1, 0.15) is 0 Å². The molecule has 1 aromatic heterocycles. The number of rotatable bonds is 8. The number of likely N-dealkylation sites (tertiary alicyclic amines) is 1. The Morgan fingerprint density at radius 2 is 1.78 bits per heavy atom.